The van der Waals surface area contributed by atoms with Crippen molar-refractivity contribution < 1.29 is 0 Å². The van der Waals surface area contributed by atoms with Crippen LogP contribution in [0.15, 0.2) is 30.3 Å². The Morgan fingerprint density at radius 3 is 2.69 bits per heavy atom. The highest BCUT2D eigenvalue weighted by atomic mass is 15.0. The third kappa shape index (κ3) is 2.63. The predicted octanol–water partition coefficient (Wildman–Crippen LogP) is 2.46. The van der Waals surface area contributed by atoms with Crippen LogP contribution in [-0.2, 0) is 0 Å². The molecule has 1 heterocycles. The van der Waals surface area contributed by atoms with Crippen LogP contribution in [0.3, 0.4) is 0 Å². The zero-order chi connectivity index (χ0) is 11.4. The topological polar surface area (TPSA) is 38.0 Å². The summed E-state index contributed by atoms with van der Waals surface area (Å²) in [5, 5.41) is 3.60. The quantitative estimate of drug-likeness (QED) is 0.818. The zero-order valence-corrected chi connectivity index (χ0v) is 10.0. The lowest BCUT2D eigenvalue weighted by Crippen LogP contribution is -2.46. The van der Waals surface area contributed by atoms with Gasteiger partial charge in [-0.05, 0) is 30.9 Å². The van der Waals surface area contributed by atoms with Crippen molar-refractivity contribution in [1.29, 1.82) is 0 Å². The van der Waals surface area contributed by atoms with Gasteiger partial charge in [0, 0.05) is 12.1 Å². The van der Waals surface area contributed by atoms with Crippen molar-refractivity contribution >= 4 is 0 Å². The van der Waals surface area contributed by atoms with Crippen LogP contribution in [-0.4, -0.2) is 12.6 Å². The fraction of sp³-hybridized carbons (Fsp3) is 0.571. The van der Waals surface area contributed by atoms with Crippen LogP contribution in [0.25, 0.3) is 0 Å². The first-order valence-electron chi connectivity index (χ1n) is 6.35. The molecule has 88 valence electrons. The number of nitrogens with one attached hydrogen (secondary N) is 1. The van der Waals surface area contributed by atoms with Gasteiger partial charge in [0.1, 0.15) is 0 Å². The number of rotatable bonds is 3. The van der Waals surface area contributed by atoms with Crippen molar-refractivity contribution in [2.24, 2.45) is 11.7 Å². The summed E-state index contributed by atoms with van der Waals surface area (Å²) in [5.74, 6) is 0.764. The highest BCUT2D eigenvalue weighted by molar-refractivity contribution is 5.21. The molecule has 0 saturated carbocycles. The minimum Gasteiger partial charge on any atom is -0.326 e. The van der Waals surface area contributed by atoms with Crippen molar-refractivity contribution in [1.82, 2.24) is 5.32 Å². The van der Waals surface area contributed by atoms with E-state index < -0.39 is 0 Å². The van der Waals surface area contributed by atoms with Gasteiger partial charge in [0.2, 0.25) is 0 Å². The van der Waals surface area contributed by atoms with E-state index in [9.17, 15) is 0 Å². The van der Waals surface area contributed by atoms with Gasteiger partial charge in [-0.1, -0.05) is 43.7 Å². The third-order valence-electron chi connectivity index (χ3n) is 3.52. The molecule has 0 radical (unpaired) electrons. The first kappa shape index (κ1) is 11.6. The highest BCUT2D eigenvalue weighted by Crippen LogP contribution is 2.26. The Hall–Kier alpha value is -0.860. The minimum absolute atomic E-state index is 0.257. The Labute approximate surface area is 98.2 Å². The Morgan fingerprint density at radius 2 is 2.06 bits per heavy atom. The molecule has 1 saturated heterocycles. The highest BCUT2D eigenvalue weighted by Gasteiger charge is 2.27. The monoisotopic (exact) mass is 218 g/mol. The molecule has 2 nitrogen and oxygen atoms in total. The molecule has 0 aliphatic carbocycles. The van der Waals surface area contributed by atoms with E-state index in [1.807, 2.05) is 0 Å². The van der Waals surface area contributed by atoms with Gasteiger partial charge >= 0.3 is 0 Å². The lowest BCUT2D eigenvalue weighted by Gasteiger charge is -2.35. The molecule has 3 unspecified atom stereocenters. The van der Waals surface area contributed by atoms with Crippen LogP contribution >= 0.6 is 0 Å². The van der Waals surface area contributed by atoms with Crippen LogP contribution in [0, 0.1) is 5.92 Å². The van der Waals surface area contributed by atoms with E-state index in [0.717, 1.165) is 18.9 Å². The first-order valence-corrected chi connectivity index (χ1v) is 6.35. The molecule has 1 fully saturated rings. The van der Waals surface area contributed by atoms with Crippen LogP contribution < -0.4 is 11.1 Å². The molecule has 1 aromatic carbocycles. The molecular weight excluding hydrogens is 196 g/mol. The van der Waals surface area contributed by atoms with Gasteiger partial charge in [0.05, 0.1) is 0 Å². The molecule has 0 bridgehead atoms. The molecule has 3 atom stereocenters. The van der Waals surface area contributed by atoms with Crippen molar-refractivity contribution in [3.63, 3.8) is 0 Å². The van der Waals surface area contributed by atoms with E-state index in [4.69, 9.17) is 5.73 Å². The lowest BCUT2D eigenvalue weighted by molar-refractivity contribution is 0.264. The second-order valence-corrected chi connectivity index (χ2v) is 4.85. The lowest BCUT2D eigenvalue weighted by atomic mass is 9.85. The fourth-order valence-electron chi connectivity index (χ4n) is 2.70. The normalized spacial score (nSPS) is 30.2. The van der Waals surface area contributed by atoms with Crippen molar-refractivity contribution in [2.45, 2.75) is 38.3 Å². The van der Waals surface area contributed by atoms with Crippen molar-refractivity contribution in [2.75, 3.05) is 6.54 Å². The summed E-state index contributed by atoms with van der Waals surface area (Å²) in [6, 6.07) is 11.2. The Balaban J connectivity index is 1.99. The van der Waals surface area contributed by atoms with E-state index in [2.05, 4.69) is 42.6 Å². The van der Waals surface area contributed by atoms with Gasteiger partial charge in [-0.2, -0.15) is 0 Å². The van der Waals surface area contributed by atoms with Gasteiger partial charge in [-0.3, -0.25) is 0 Å². The molecule has 1 aliphatic heterocycles. The smallest absolute Gasteiger partial charge is 0.0473 e. The molecule has 3 N–H and O–H groups in total. The van der Waals surface area contributed by atoms with Gasteiger partial charge in [-0.15, -0.1) is 0 Å². The number of piperidine rings is 1. The maximum Gasteiger partial charge on any atom is 0.0473 e. The van der Waals surface area contributed by atoms with Crippen LogP contribution in [0.1, 0.15) is 37.8 Å². The first-order chi connectivity index (χ1) is 7.81. The summed E-state index contributed by atoms with van der Waals surface area (Å²) in [7, 11) is 0. The number of hydrogen-bond acceptors (Lipinski definition) is 2. The molecule has 2 heteroatoms. The van der Waals surface area contributed by atoms with Crippen molar-refractivity contribution in [3.05, 3.63) is 35.9 Å². The zero-order valence-electron chi connectivity index (χ0n) is 10.0. The summed E-state index contributed by atoms with van der Waals surface area (Å²) in [5.41, 5.74) is 7.59. The van der Waals surface area contributed by atoms with E-state index in [1.165, 1.54) is 18.4 Å². The molecule has 16 heavy (non-hydrogen) atoms. The largest absolute Gasteiger partial charge is 0.326 e. The summed E-state index contributed by atoms with van der Waals surface area (Å²) in [4.78, 5) is 0. The molecule has 0 spiro atoms. The summed E-state index contributed by atoms with van der Waals surface area (Å²) in [6.07, 6.45) is 3.71. The van der Waals surface area contributed by atoms with Crippen molar-refractivity contribution in [3.8, 4) is 0 Å². The second-order valence-electron chi connectivity index (χ2n) is 4.85. The summed E-state index contributed by atoms with van der Waals surface area (Å²) in [6.45, 7) is 3.36. The van der Waals surface area contributed by atoms with E-state index >= 15 is 0 Å². The third-order valence-corrected chi connectivity index (χ3v) is 3.52. The number of hydrogen-bond donors (Lipinski definition) is 2. The van der Waals surface area contributed by atoms with E-state index in [0.29, 0.717) is 6.04 Å². The summed E-state index contributed by atoms with van der Waals surface area (Å²) >= 11 is 0. The van der Waals surface area contributed by atoms with E-state index in [-0.39, 0.29) is 6.04 Å². The predicted molar refractivity (Wildman–Crippen MR) is 68.2 cm³/mol. The SMILES string of the molecule is CCCC1CNC(c2ccccc2)C(N)C1. The molecule has 0 amide bonds. The number of nitrogens with two attached hydrogens (primary N) is 1. The van der Waals surface area contributed by atoms with Gasteiger partial charge in [-0.25, -0.2) is 0 Å². The number of benzene rings is 1. The average Bonchev–Trinajstić information content (AvgIpc) is 2.31. The van der Waals surface area contributed by atoms with Gasteiger partial charge in [0.15, 0.2) is 0 Å². The molecule has 0 aromatic heterocycles. The Kier molecular flexibility index (Phi) is 3.97. The van der Waals surface area contributed by atoms with Gasteiger partial charge < -0.3 is 11.1 Å². The standard InChI is InChI=1S/C14H22N2/c1-2-6-11-9-13(15)14(16-10-11)12-7-4-3-5-8-12/h3-5,7-8,11,13-14,16H,2,6,9-10,15H2,1H3. The minimum atomic E-state index is 0.257. The van der Waals surface area contributed by atoms with Crippen LogP contribution in [0.5, 0.6) is 0 Å². The van der Waals surface area contributed by atoms with E-state index in [1.54, 1.807) is 0 Å². The van der Waals surface area contributed by atoms with Gasteiger partial charge in [0.25, 0.3) is 0 Å². The molecule has 1 aromatic rings. The molecular formula is C14H22N2. The average molecular weight is 218 g/mol. The van der Waals surface area contributed by atoms with Crippen LogP contribution in [0.2, 0.25) is 0 Å². The second kappa shape index (κ2) is 5.46. The Bertz CT molecular complexity index is 310. The molecule has 1 aliphatic rings. The Morgan fingerprint density at radius 1 is 1.31 bits per heavy atom. The van der Waals surface area contributed by atoms with Crippen LogP contribution in [0.4, 0.5) is 0 Å². The molecule has 2 rings (SSSR count). The maximum atomic E-state index is 6.27. The summed E-state index contributed by atoms with van der Waals surface area (Å²) < 4.78 is 0. The maximum absolute atomic E-state index is 6.27. The fourth-order valence-corrected chi connectivity index (χ4v) is 2.70.